The molecular weight excluding hydrogens is 394 g/mol. The average Bonchev–Trinajstić information content (AvgIpc) is 2.78. The maximum absolute atomic E-state index is 12.3. The van der Waals surface area contributed by atoms with Gasteiger partial charge >= 0.3 is 11.9 Å². The Labute approximate surface area is 183 Å². The molecule has 2 aromatic carbocycles. The smallest absolute Gasteiger partial charge is 0.333 e. The fourth-order valence-electron chi connectivity index (χ4n) is 3.15. The monoisotopic (exact) mass is 423 g/mol. The maximum atomic E-state index is 12.3. The highest BCUT2D eigenvalue weighted by Crippen LogP contribution is 2.20. The predicted molar refractivity (Wildman–Crippen MR) is 119 cm³/mol. The Morgan fingerprint density at radius 1 is 0.968 bits per heavy atom. The minimum atomic E-state index is -0.476. The fourth-order valence-corrected chi connectivity index (χ4v) is 3.15. The molecule has 6 heteroatoms. The summed E-state index contributed by atoms with van der Waals surface area (Å²) >= 11 is 0. The number of amides is 1. The standard InChI is InChI=1S/C25H29NO5/c1-4-31-25(29)18(2)16-22(26-23(27)14-15-24(28)30-3)17-19-10-12-21(13-11-19)20-8-6-5-7-9-20/h5-13,22H,2,4,14-17H2,1,3H3,(H,26,27)/t22-/m0/s1. The zero-order valence-electron chi connectivity index (χ0n) is 18.1. The number of nitrogens with one attached hydrogen (secondary N) is 1. The Hall–Kier alpha value is -3.41. The Balaban J connectivity index is 2.07. The van der Waals surface area contributed by atoms with Crippen LogP contribution in [0.2, 0.25) is 0 Å². The van der Waals surface area contributed by atoms with Crippen molar-refractivity contribution in [3.05, 3.63) is 72.3 Å². The first kappa shape index (κ1) is 23.9. The van der Waals surface area contributed by atoms with Gasteiger partial charge in [-0.2, -0.15) is 0 Å². The minimum absolute atomic E-state index is 0.000348. The molecule has 0 heterocycles. The first-order chi connectivity index (χ1) is 14.9. The lowest BCUT2D eigenvalue weighted by Crippen LogP contribution is -2.37. The molecule has 0 aromatic heterocycles. The predicted octanol–water partition coefficient (Wildman–Crippen LogP) is 3.84. The summed E-state index contributed by atoms with van der Waals surface area (Å²) in [6.45, 7) is 5.79. The van der Waals surface area contributed by atoms with Crippen molar-refractivity contribution in [2.45, 2.75) is 38.6 Å². The molecular formula is C25H29NO5. The van der Waals surface area contributed by atoms with Crippen LogP contribution in [0.15, 0.2) is 66.7 Å². The van der Waals surface area contributed by atoms with Crippen molar-refractivity contribution in [2.24, 2.45) is 0 Å². The highest BCUT2D eigenvalue weighted by Gasteiger charge is 2.19. The molecule has 31 heavy (non-hydrogen) atoms. The van der Waals surface area contributed by atoms with Gasteiger partial charge in [0.05, 0.1) is 20.1 Å². The van der Waals surface area contributed by atoms with E-state index in [0.717, 1.165) is 16.7 Å². The van der Waals surface area contributed by atoms with Crippen LogP contribution in [0.25, 0.3) is 11.1 Å². The molecule has 1 N–H and O–H groups in total. The Bertz CT molecular complexity index is 890. The van der Waals surface area contributed by atoms with Crippen molar-refractivity contribution in [2.75, 3.05) is 13.7 Å². The van der Waals surface area contributed by atoms with Gasteiger partial charge in [-0.15, -0.1) is 0 Å². The van der Waals surface area contributed by atoms with Crippen LogP contribution in [0.4, 0.5) is 0 Å². The van der Waals surface area contributed by atoms with E-state index in [0.29, 0.717) is 12.0 Å². The van der Waals surface area contributed by atoms with Crippen molar-refractivity contribution >= 4 is 17.8 Å². The largest absolute Gasteiger partial charge is 0.469 e. The van der Waals surface area contributed by atoms with Crippen LogP contribution in [0.1, 0.15) is 31.7 Å². The summed E-state index contributed by atoms with van der Waals surface area (Å²) in [6.07, 6.45) is 0.780. The Morgan fingerprint density at radius 3 is 2.23 bits per heavy atom. The highest BCUT2D eigenvalue weighted by atomic mass is 16.5. The number of benzene rings is 2. The molecule has 164 valence electrons. The van der Waals surface area contributed by atoms with Gasteiger partial charge in [0.15, 0.2) is 0 Å². The van der Waals surface area contributed by atoms with E-state index in [-0.39, 0.29) is 37.8 Å². The molecule has 0 spiro atoms. The molecule has 0 aliphatic carbocycles. The number of rotatable bonds is 11. The van der Waals surface area contributed by atoms with Crippen molar-refractivity contribution in [1.29, 1.82) is 0 Å². The second-order valence-electron chi connectivity index (χ2n) is 7.14. The second-order valence-corrected chi connectivity index (χ2v) is 7.14. The fraction of sp³-hybridized carbons (Fsp3) is 0.320. The van der Waals surface area contributed by atoms with Crippen LogP contribution in [-0.2, 0) is 30.3 Å². The van der Waals surface area contributed by atoms with Crippen molar-refractivity contribution < 1.29 is 23.9 Å². The molecule has 1 amide bonds. The topological polar surface area (TPSA) is 81.7 Å². The van der Waals surface area contributed by atoms with Gasteiger partial charge < -0.3 is 14.8 Å². The molecule has 0 aliphatic heterocycles. The number of methoxy groups -OCH3 is 1. The van der Waals surface area contributed by atoms with Crippen molar-refractivity contribution in [3.8, 4) is 11.1 Å². The number of esters is 2. The van der Waals surface area contributed by atoms with E-state index in [4.69, 9.17) is 4.74 Å². The quantitative estimate of drug-likeness (QED) is 0.439. The molecule has 1 atom stereocenters. The molecule has 0 saturated heterocycles. The first-order valence-corrected chi connectivity index (χ1v) is 10.3. The van der Waals surface area contributed by atoms with Gasteiger partial charge in [0.1, 0.15) is 0 Å². The van der Waals surface area contributed by atoms with E-state index in [1.165, 1.54) is 7.11 Å². The van der Waals surface area contributed by atoms with Crippen LogP contribution in [0.3, 0.4) is 0 Å². The van der Waals surface area contributed by atoms with Gasteiger partial charge in [-0.25, -0.2) is 4.79 Å². The molecule has 0 radical (unpaired) electrons. The summed E-state index contributed by atoms with van der Waals surface area (Å²) in [7, 11) is 1.28. The van der Waals surface area contributed by atoms with Crippen LogP contribution in [-0.4, -0.2) is 37.6 Å². The van der Waals surface area contributed by atoms with E-state index < -0.39 is 11.9 Å². The summed E-state index contributed by atoms with van der Waals surface area (Å²) in [5.41, 5.74) is 3.52. The molecule has 0 bridgehead atoms. The summed E-state index contributed by atoms with van der Waals surface area (Å²) in [5, 5.41) is 2.90. The van der Waals surface area contributed by atoms with Crippen LogP contribution in [0.5, 0.6) is 0 Å². The Morgan fingerprint density at radius 2 is 1.61 bits per heavy atom. The maximum Gasteiger partial charge on any atom is 0.333 e. The van der Waals surface area contributed by atoms with Gasteiger partial charge in [-0.3, -0.25) is 9.59 Å². The minimum Gasteiger partial charge on any atom is -0.469 e. The van der Waals surface area contributed by atoms with E-state index in [1.54, 1.807) is 6.92 Å². The molecule has 2 rings (SSSR count). The summed E-state index contributed by atoms with van der Waals surface area (Å²) in [5.74, 6) is -1.21. The normalized spacial score (nSPS) is 11.3. The summed E-state index contributed by atoms with van der Waals surface area (Å²) in [6, 6.07) is 17.7. The third-order valence-electron chi connectivity index (χ3n) is 4.75. The van der Waals surface area contributed by atoms with Gasteiger partial charge in [0, 0.05) is 18.0 Å². The zero-order chi connectivity index (χ0) is 22.6. The first-order valence-electron chi connectivity index (χ1n) is 10.3. The molecule has 0 aliphatic rings. The third kappa shape index (κ3) is 8.09. The van der Waals surface area contributed by atoms with Gasteiger partial charge in [-0.1, -0.05) is 61.2 Å². The third-order valence-corrected chi connectivity index (χ3v) is 4.75. The van der Waals surface area contributed by atoms with Crippen LogP contribution in [0, 0.1) is 0 Å². The van der Waals surface area contributed by atoms with Gasteiger partial charge in [0.2, 0.25) is 5.91 Å². The Kier molecular flexibility index (Phi) is 9.49. The molecule has 6 nitrogen and oxygen atoms in total. The van der Waals surface area contributed by atoms with E-state index in [2.05, 4.69) is 16.6 Å². The number of carbonyl (C=O) groups is 3. The van der Waals surface area contributed by atoms with Crippen LogP contribution < -0.4 is 5.32 Å². The number of hydrogen-bond donors (Lipinski definition) is 1. The van der Waals surface area contributed by atoms with Gasteiger partial charge in [-0.05, 0) is 36.5 Å². The highest BCUT2D eigenvalue weighted by molar-refractivity contribution is 5.88. The average molecular weight is 424 g/mol. The van der Waals surface area contributed by atoms with Crippen molar-refractivity contribution in [1.82, 2.24) is 5.32 Å². The lowest BCUT2D eigenvalue weighted by molar-refractivity contribution is -0.142. The lowest BCUT2D eigenvalue weighted by Gasteiger charge is -2.20. The summed E-state index contributed by atoms with van der Waals surface area (Å²) < 4.78 is 9.58. The van der Waals surface area contributed by atoms with Gasteiger partial charge in [0.25, 0.3) is 0 Å². The van der Waals surface area contributed by atoms with E-state index >= 15 is 0 Å². The second kappa shape index (κ2) is 12.3. The van der Waals surface area contributed by atoms with E-state index in [1.807, 2.05) is 54.6 Å². The molecule has 2 aromatic rings. The number of carbonyl (C=O) groups excluding carboxylic acids is 3. The summed E-state index contributed by atoms with van der Waals surface area (Å²) in [4.78, 5) is 35.6. The number of ether oxygens (including phenoxy) is 2. The van der Waals surface area contributed by atoms with E-state index in [9.17, 15) is 14.4 Å². The molecule has 0 unspecified atom stereocenters. The lowest BCUT2D eigenvalue weighted by atomic mass is 9.97. The van der Waals surface area contributed by atoms with Crippen LogP contribution >= 0.6 is 0 Å². The van der Waals surface area contributed by atoms with Crippen molar-refractivity contribution in [3.63, 3.8) is 0 Å². The molecule has 0 saturated carbocycles. The molecule has 0 fully saturated rings. The number of hydrogen-bond acceptors (Lipinski definition) is 5. The SMILES string of the molecule is C=C(C[C@@H](Cc1ccc(-c2ccccc2)cc1)NC(=O)CCC(=O)OC)C(=O)OCC. The zero-order valence-corrected chi connectivity index (χ0v) is 18.1.